The minimum Gasteiger partial charge on any atom is -0.171 e. The molecule has 0 amide bonds. The lowest BCUT2D eigenvalue weighted by molar-refractivity contribution is -0.127. The highest BCUT2D eigenvalue weighted by Crippen LogP contribution is 2.49. The standard InChI is InChI=1S/C13H13F3/c1-2-12(7-8-12)11-5-3-10(4-6-11)9-13(14,15)16/h2-6H,1,7-9H2. The second kappa shape index (κ2) is 3.65. The Bertz CT molecular complexity index is 383. The van der Waals surface area contributed by atoms with E-state index in [4.69, 9.17) is 0 Å². The number of alkyl halides is 3. The van der Waals surface area contributed by atoms with Crippen molar-refractivity contribution in [3.63, 3.8) is 0 Å². The van der Waals surface area contributed by atoms with Gasteiger partial charge in [0.2, 0.25) is 0 Å². The van der Waals surface area contributed by atoms with Gasteiger partial charge in [0.15, 0.2) is 0 Å². The molecule has 0 aliphatic heterocycles. The number of rotatable bonds is 3. The first kappa shape index (κ1) is 11.2. The molecule has 0 heterocycles. The van der Waals surface area contributed by atoms with E-state index in [2.05, 4.69) is 6.58 Å². The molecular formula is C13H13F3. The fourth-order valence-corrected chi connectivity index (χ4v) is 1.93. The highest BCUT2D eigenvalue weighted by molar-refractivity contribution is 5.38. The predicted molar refractivity (Wildman–Crippen MR) is 57.3 cm³/mol. The van der Waals surface area contributed by atoms with Crippen LogP contribution in [0, 0.1) is 0 Å². The van der Waals surface area contributed by atoms with Crippen molar-refractivity contribution in [2.24, 2.45) is 0 Å². The lowest BCUT2D eigenvalue weighted by Crippen LogP contribution is -2.11. The molecule has 0 bridgehead atoms. The lowest BCUT2D eigenvalue weighted by Gasteiger charge is -2.11. The van der Waals surface area contributed by atoms with Crippen LogP contribution in [-0.4, -0.2) is 6.18 Å². The zero-order valence-electron chi connectivity index (χ0n) is 8.85. The van der Waals surface area contributed by atoms with Gasteiger partial charge in [0.1, 0.15) is 0 Å². The van der Waals surface area contributed by atoms with Gasteiger partial charge in [-0.1, -0.05) is 30.3 Å². The maximum absolute atomic E-state index is 12.1. The minimum atomic E-state index is -4.13. The average molecular weight is 226 g/mol. The molecule has 86 valence electrons. The van der Waals surface area contributed by atoms with Gasteiger partial charge in [-0.15, -0.1) is 6.58 Å². The summed E-state index contributed by atoms with van der Waals surface area (Å²) in [6.45, 7) is 3.77. The molecule has 0 aromatic heterocycles. The number of hydrogen-bond donors (Lipinski definition) is 0. The Kier molecular flexibility index (Phi) is 2.56. The molecule has 3 heteroatoms. The van der Waals surface area contributed by atoms with Crippen LogP contribution in [0.1, 0.15) is 24.0 Å². The molecule has 0 radical (unpaired) electrons. The highest BCUT2D eigenvalue weighted by Gasteiger charge is 2.41. The molecule has 1 saturated carbocycles. The van der Waals surface area contributed by atoms with E-state index in [1.807, 2.05) is 6.08 Å². The Balaban J connectivity index is 2.14. The molecule has 1 aliphatic carbocycles. The van der Waals surface area contributed by atoms with Crippen molar-refractivity contribution in [2.45, 2.75) is 30.9 Å². The molecule has 1 fully saturated rings. The van der Waals surface area contributed by atoms with E-state index in [0.29, 0.717) is 5.56 Å². The van der Waals surface area contributed by atoms with Gasteiger partial charge in [0, 0.05) is 5.41 Å². The molecule has 1 aromatic carbocycles. The third-order valence-electron chi connectivity index (χ3n) is 3.11. The van der Waals surface area contributed by atoms with Crippen molar-refractivity contribution < 1.29 is 13.2 Å². The summed E-state index contributed by atoms with van der Waals surface area (Å²) < 4.78 is 36.4. The van der Waals surface area contributed by atoms with Crippen molar-refractivity contribution in [2.75, 3.05) is 0 Å². The van der Waals surface area contributed by atoms with Gasteiger partial charge in [-0.3, -0.25) is 0 Å². The molecule has 0 spiro atoms. The van der Waals surface area contributed by atoms with Crippen LogP contribution in [0.4, 0.5) is 13.2 Å². The van der Waals surface area contributed by atoms with Crippen LogP contribution in [0.15, 0.2) is 36.9 Å². The van der Waals surface area contributed by atoms with Gasteiger partial charge >= 0.3 is 6.18 Å². The summed E-state index contributed by atoms with van der Waals surface area (Å²) in [7, 11) is 0. The Labute approximate surface area is 92.8 Å². The Morgan fingerprint density at radius 2 is 1.75 bits per heavy atom. The van der Waals surface area contributed by atoms with E-state index >= 15 is 0 Å². The molecule has 0 nitrogen and oxygen atoms in total. The quantitative estimate of drug-likeness (QED) is 0.683. The lowest BCUT2D eigenvalue weighted by atomic mass is 9.95. The normalized spacial score (nSPS) is 18.2. The summed E-state index contributed by atoms with van der Waals surface area (Å²) in [5.74, 6) is 0. The fraction of sp³-hybridized carbons (Fsp3) is 0.385. The number of hydrogen-bond acceptors (Lipinski definition) is 0. The third kappa shape index (κ3) is 2.29. The zero-order chi connectivity index (χ0) is 11.8. The van der Waals surface area contributed by atoms with E-state index in [0.717, 1.165) is 18.4 Å². The zero-order valence-corrected chi connectivity index (χ0v) is 8.85. The Morgan fingerprint density at radius 1 is 1.19 bits per heavy atom. The number of allylic oxidation sites excluding steroid dienone is 1. The highest BCUT2D eigenvalue weighted by atomic mass is 19.4. The minimum absolute atomic E-state index is 0.0385. The van der Waals surface area contributed by atoms with Crippen LogP contribution in [0.5, 0.6) is 0 Å². The topological polar surface area (TPSA) is 0 Å². The summed E-state index contributed by atoms with van der Waals surface area (Å²) in [4.78, 5) is 0. The summed E-state index contributed by atoms with van der Waals surface area (Å²) in [6.07, 6.45) is -0.985. The van der Waals surface area contributed by atoms with Crippen LogP contribution in [-0.2, 0) is 11.8 Å². The van der Waals surface area contributed by atoms with E-state index in [1.54, 1.807) is 24.3 Å². The van der Waals surface area contributed by atoms with E-state index < -0.39 is 12.6 Å². The molecule has 0 N–H and O–H groups in total. The second-order valence-corrected chi connectivity index (χ2v) is 4.35. The average Bonchev–Trinajstić information content (AvgIpc) is 2.97. The van der Waals surface area contributed by atoms with Gasteiger partial charge in [0.05, 0.1) is 6.42 Å². The first-order valence-electron chi connectivity index (χ1n) is 5.25. The molecule has 0 saturated heterocycles. The second-order valence-electron chi connectivity index (χ2n) is 4.35. The van der Waals surface area contributed by atoms with Gasteiger partial charge in [-0.2, -0.15) is 13.2 Å². The molecule has 16 heavy (non-hydrogen) atoms. The van der Waals surface area contributed by atoms with Crippen molar-refractivity contribution in [3.8, 4) is 0 Å². The van der Waals surface area contributed by atoms with Crippen LogP contribution in [0.25, 0.3) is 0 Å². The summed E-state index contributed by atoms with van der Waals surface area (Å²) >= 11 is 0. The Morgan fingerprint density at radius 3 is 2.12 bits per heavy atom. The SMILES string of the molecule is C=CC1(c2ccc(CC(F)(F)F)cc2)CC1. The third-order valence-corrected chi connectivity index (χ3v) is 3.11. The molecule has 0 unspecified atom stereocenters. The molecule has 0 atom stereocenters. The van der Waals surface area contributed by atoms with Crippen LogP contribution in [0.2, 0.25) is 0 Å². The van der Waals surface area contributed by atoms with Crippen LogP contribution < -0.4 is 0 Å². The summed E-state index contributed by atoms with van der Waals surface area (Å²) in [6, 6.07) is 6.70. The number of halogens is 3. The number of benzene rings is 1. The van der Waals surface area contributed by atoms with Crippen molar-refractivity contribution in [1.29, 1.82) is 0 Å². The first-order valence-corrected chi connectivity index (χ1v) is 5.25. The maximum Gasteiger partial charge on any atom is 0.393 e. The summed E-state index contributed by atoms with van der Waals surface area (Å²) in [5, 5.41) is 0. The molecular weight excluding hydrogens is 213 g/mol. The fourth-order valence-electron chi connectivity index (χ4n) is 1.93. The molecule has 2 rings (SSSR count). The molecule has 1 aromatic rings. The van der Waals surface area contributed by atoms with E-state index in [-0.39, 0.29) is 5.41 Å². The van der Waals surface area contributed by atoms with E-state index in [1.165, 1.54) is 0 Å². The van der Waals surface area contributed by atoms with Crippen LogP contribution in [0.3, 0.4) is 0 Å². The largest absolute Gasteiger partial charge is 0.393 e. The molecule has 1 aliphatic rings. The van der Waals surface area contributed by atoms with Gasteiger partial charge < -0.3 is 0 Å². The predicted octanol–water partition coefficient (Wildman–Crippen LogP) is 4.01. The van der Waals surface area contributed by atoms with Gasteiger partial charge in [0.25, 0.3) is 0 Å². The van der Waals surface area contributed by atoms with Gasteiger partial charge in [-0.05, 0) is 24.0 Å². The van der Waals surface area contributed by atoms with Crippen molar-refractivity contribution in [3.05, 3.63) is 48.0 Å². The smallest absolute Gasteiger partial charge is 0.171 e. The van der Waals surface area contributed by atoms with Crippen LogP contribution >= 0.6 is 0 Å². The Hall–Kier alpha value is -1.25. The monoisotopic (exact) mass is 226 g/mol. The first-order chi connectivity index (χ1) is 7.45. The van der Waals surface area contributed by atoms with E-state index in [9.17, 15) is 13.2 Å². The van der Waals surface area contributed by atoms with Gasteiger partial charge in [-0.25, -0.2) is 0 Å². The maximum atomic E-state index is 12.1. The van der Waals surface area contributed by atoms with Crippen molar-refractivity contribution >= 4 is 0 Å². The van der Waals surface area contributed by atoms with Crippen molar-refractivity contribution in [1.82, 2.24) is 0 Å². The summed E-state index contributed by atoms with van der Waals surface area (Å²) in [5.41, 5.74) is 1.43.